The van der Waals surface area contributed by atoms with Crippen LogP contribution >= 0.6 is 24.0 Å². The molecule has 0 aromatic carbocycles. The number of likely N-dealkylation sites (tertiary alicyclic amines) is 1. The van der Waals surface area contributed by atoms with Crippen LogP contribution in [0.25, 0.3) is 0 Å². The molecule has 0 unspecified atom stereocenters. The van der Waals surface area contributed by atoms with E-state index in [1.165, 1.54) is 32.1 Å². The van der Waals surface area contributed by atoms with Gasteiger partial charge in [-0.3, -0.25) is 9.79 Å². The minimum Gasteiger partial charge on any atom is -0.469 e. The molecule has 29 heavy (non-hydrogen) atoms. The number of carbonyl (C=O) groups is 1. The summed E-state index contributed by atoms with van der Waals surface area (Å²) in [5.74, 6) is 2.25. The van der Waals surface area contributed by atoms with E-state index in [1.807, 2.05) is 30.9 Å². The number of halogens is 1. The number of aliphatic imine (C=N–C) groups is 1. The minimum absolute atomic E-state index is 0. The van der Waals surface area contributed by atoms with Crippen molar-refractivity contribution < 1.29 is 9.21 Å². The van der Waals surface area contributed by atoms with Gasteiger partial charge in [-0.1, -0.05) is 33.1 Å². The van der Waals surface area contributed by atoms with Crippen molar-refractivity contribution >= 4 is 35.8 Å². The molecule has 0 spiro atoms. The van der Waals surface area contributed by atoms with E-state index in [0.717, 1.165) is 44.1 Å². The Balaban J connectivity index is 0.00000300. The fourth-order valence-electron chi connectivity index (χ4n) is 4.11. The number of hydrogen-bond acceptors (Lipinski definition) is 3. The molecule has 2 aliphatic rings. The molecule has 1 amide bonds. The number of hydrogen-bond donors (Lipinski definition) is 2. The lowest BCUT2D eigenvalue weighted by Crippen LogP contribution is -2.52. The number of nitrogens with one attached hydrogen (secondary N) is 2. The lowest BCUT2D eigenvalue weighted by atomic mass is 9.95. The summed E-state index contributed by atoms with van der Waals surface area (Å²) in [5, 5.41) is 7.31. The zero-order chi connectivity index (χ0) is 19.8. The molecule has 1 aliphatic carbocycles. The van der Waals surface area contributed by atoms with E-state index in [9.17, 15) is 4.79 Å². The van der Waals surface area contributed by atoms with Gasteiger partial charge in [0.15, 0.2) is 5.96 Å². The van der Waals surface area contributed by atoms with Crippen molar-refractivity contribution in [2.24, 2.45) is 10.9 Å². The van der Waals surface area contributed by atoms with Crippen molar-refractivity contribution in [1.82, 2.24) is 15.5 Å². The summed E-state index contributed by atoms with van der Waals surface area (Å²) >= 11 is 0. The normalized spacial score (nSPS) is 19.1. The summed E-state index contributed by atoms with van der Waals surface area (Å²) in [7, 11) is 0. The van der Waals surface area contributed by atoms with E-state index in [0.29, 0.717) is 18.6 Å². The predicted molar refractivity (Wildman–Crippen MR) is 128 cm³/mol. The zero-order valence-corrected chi connectivity index (χ0v) is 20.2. The smallest absolute Gasteiger partial charge is 0.225 e. The molecule has 1 aliphatic heterocycles. The first-order valence-corrected chi connectivity index (χ1v) is 11.0. The second-order valence-electron chi connectivity index (χ2n) is 8.44. The molecule has 3 rings (SSSR count). The van der Waals surface area contributed by atoms with Crippen LogP contribution in [0.4, 0.5) is 0 Å². The predicted octanol–water partition coefficient (Wildman–Crippen LogP) is 3.96. The first-order chi connectivity index (χ1) is 13.6. The number of carbonyl (C=O) groups excluding carboxylic acids is 1. The summed E-state index contributed by atoms with van der Waals surface area (Å²) in [6.45, 7) is 6.32. The van der Waals surface area contributed by atoms with Gasteiger partial charge in [-0.05, 0) is 37.8 Å². The standard InChI is InChI=1S/C22H36N4O2.HI/c1-17(2)21(27)26-14-11-19(12-15-26)25-22(24-18-7-4-3-5-8-18)23-13-10-20-9-6-16-28-20;/h6,9,16-19H,3-5,7-8,10-15H2,1-2H3,(H2,23,24,25);1H. The van der Waals surface area contributed by atoms with Crippen molar-refractivity contribution in [3.05, 3.63) is 24.2 Å². The van der Waals surface area contributed by atoms with Crippen LogP contribution in [0.15, 0.2) is 27.8 Å². The summed E-state index contributed by atoms with van der Waals surface area (Å²) in [6, 6.07) is 4.81. The topological polar surface area (TPSA) is 69.9 Å². The fourth-order valence-corrected chi connectivity index (χ4v) is 4.11. The Morgan fingerprint density at radius 1 is 1.14 bits per heavy atom. The third-order valence-corrected chi connectivity index (χ3v) is 5.80. The Labute approximate surface area is 192 Å². The lowest BCUT2D eigenvalue weighted by molar-refractivity contribution is -0.135. The maximum atomic E-state index is 12.2. The van der Waals surface area contributed by atoms with Crippen molar-refractivity contribution in [3.8, 4) is 0 Å². The molecule has 2 fully saturated rings. The third-order valence-electron chi connectivity index (χ3n) is 5.80. The van der Waals surface area contributed by atoms with Gasteiger partial charge in [0.25, 0.3) is 0 Å². The van der Waals surface area contributed by atoms with Crippen molar-refractivity contribution in [2.75, 3.05) is 19.6 Å². The van der Waals surface area contributed by atoms with Gasteiger partial charge in [0, 0.05) is 44.1 Å². The van der Waals surface area contributed by atoms with E-state index in [2.05, 4.69) is 10.6 Å². The molecule has 1 saturated carbocycles. The Hall–Kier alpha value is -1.25. The molecule has 0 radical (unpaired) electrons. The highest BCUT2D eigenvalue weighted by molar-refractivity contribution is 14.0. The molecule has 2 heterocycles. The van der Waals surface area contributed by atoms with Crippen LogP contribution in [-0.2, 0) is 11.2 Å². The SMILES string of the molecule is CC(C)C(=O)N1CCC(NC(=NCCc2ccco2)NC2CCCCC2)CC1.I. The van der Waals surface area contributed by atoms with Gasteiger partial charge in [0.1, 0.15) is 5.76 Å². The first-order valence-electron chi connectivity index (χ1n) is 11.0. The van der Waals surface area contributed by atoms with E-state index < -0.39 is 0 Å². The van der Waals surface area contributed by atoms with Crippen molar-refractivity contribution in [1.29, 1.82) is 0 Å². The summed E-state index contributed by atoms with van der Waals surface area (Å²) in [6.07, 6.45) is 10.9. The van der Waals surface area contributed by atoms with E-state index in [4.69, 9.17) is 9.41 Å². The molecule has 6 nitrogen and oxygen atoms in total. The fraction of sp³-hybridized carbons (Fsp3) is 0.727. The molecule has 1 saturated heterocycles. The van der Waals surface area contributed by atoms with Gasteiger partial charge in [-0.25, -0.2) is 0 Å². The number of amides is 1. The van der Waals surface area contributed by atoms with Gasteiger partial charge in [-0.2, -0.15) is 0 Å². The van der Waals surface area contributed by atoms with Gasteiger partial charge < -0.3 is 20.0 Å². The number of nitrogens with zero attached hydrogens (tertiary/aromatic N) is 2. The third kappa shape index (κ3) is 7.83. The van der Waals surface area contributed by atoms with Gasteiger partial charge in [0.05, 0.1) is 6.26 Å². The summed E-state index contributed by atoms with van der Waals surface area (Å²) in [4.78, 5) is 19.0. The molecule has 1 aromatic rings. The zero-order valence-electron chi connectivity index (χ0n) is 17.9. The monoisotopic (exact) mass is 516 g/mol. The summed E-state index contributed by atoms with van der Waals surface area (Å²) in [5.41, 5.74) is 0. The average Bonchev–Trinajstić information content (AvgIpc) is 3.22. The van der Waals surface area contributed by atoms with Gasteiger partial charge in [-0.15, -0.1) is 24.0 Å². The summed E-state index contributed by atoms with van der Waals surface area (Å²) < 4.78 is 5.42. The Morgan fingerprint density at radius 3 is 2.38 bits per heavy atom. The minimum atomic E-state index is 0. The van der Waals surface area contributed by atoms with Crippen LogP contribution in [-0.4, -0.2) is 48.5 Å². The average molecular weight is 516 g/mol. The number of guanidine groups is 1. The largest absolute Gasteiger partial charge is 0.469 e. The highest BCUT2D eigenvalue weighted by atomic mass is 127. The second-order valence-corrected chi connectivity index (χ2v) is 8.44. The quantitative estimate of drug-likeness (QED) is 0.341. The van der Waals surface area contributed by atoms with Crippen LogP contribution in [0.3, 0.4) is 0 Å². The molecule has 2 N–H and O–H groups in total. The maximum absolute atomic E-state index is 12.2. The first kappa shape index (κ1) is 24.0. The Bertz CT molecular complexity index is 619. The highest BCUT2D eigenvalue weighted by Crippen LogP contribution is 2.18. The van der Waals surface area contributed by atoms with Gasteiger partial charge >= 0.3 is 0 Å². The van der Waals surface area contributed by atoms with Crippen LogP contribution in [0.5, 0.6) is 0 Å². The Kier molecular flexibility index (Phi) is 10.3. The molecule has 1 aromatic heterocycles. The van der Waals surface area contributed by atoms with E-state index in [1.54, 1.807) is 6.26 Å². The number of furan rings is 1. The molecular weight excluding hydrogens is 479 g/mol. The molecule has 7 heteroatoms. The second kappa shape index (κ2) is 12.4. The van der Waals surface area contributed by atoms with Crippen molar-refractivity contribution in [3.63, 3.8) is 0 Å². The Morgan fingerprint density at radius 2 is 1.79 bits per heavy atom. The highest BCUT2D eigenvalue weighted by Gasteiger charge is 2.25. The van der Waals surface area contributed by atoms with Crippen molar-refractivity contribution in [2.45, 2.75) is 77.3 Å². The van der Waals surface area contributed by atoms with Crippen LogP contribution in [0.2, 0.25) is 0 Å². The maximum Gasteiger partial charge on any atom is 0.225 e. The molecule has 164 valence electrons. The van der Waals surface area contributed by atoms with Crippen LogP contribution in [0, 0.1) is 5.92 Å². The lowest BCUT2D eigenvalue weighted by Gasteiger charge is -2.35. The molecule has 0 bridgehead atoms. The number of piperidine rings is 1. The molecular formula is C22H37IN4O2. The van der Waals surface area contributed by atoms with E-state index >= 15 is 0 Å². The van der Waals surface area contributed by atoms with Crippen LogP contribution < -0.4 is 10.6 Å². The number of rotatable bonds is 6. The van der Waals surface area contributed by atoms with E-state index in [-0.39, 0.29) is 35.8 Å². The van der Waals surface area contributed by atoms with Crippen LogP contribution in [0.1, 0.15) is 64.6 Å². The molecule has 0 atom stereocenters. The van der Waals surface area contributed by atoms with Gasteiger partial charge in [0.2, 0.25) is 5.91 Å².